The zero-order valence-electron chi connectivity index (χ0n) is 19.9. The maximum Gasteiger partial charge on any atom is 0.409 e. The summed E-state index contributed by atoms with van der Waals surface area (Å²) in [6.45, 7) is 0. The van der Waals surface area contributed by atoms with Crippen molar-refractivity contribution in [3.8, 4) is 28.1 Å². The van der Waals surface area contributed by atoms with Crippen LogP contribution in [-0.4, -0.2) is 41.4 Å². The lowest BCUT2D eigenvalue weighted by Gasteiger charge is -2.23. The summed E-state index contributed by atoms with van der Waals surface area (Å²) in [6, 6.07) is 14.4. The number of benzene rings is 2. The smallest absolute Gasteiger partial charge is 0.409 e. The number of rotatable bonds is 5. The monoisotopic (exact) mass is 528 g/mol. The molecule has 11 nitrogen and oxygen atoms in total. The standard InChI is InChI=1S/C26H21ClN8O3/c27-18-6-9-23(34-14-29-32-33-34)21(11-18)17-10-16-2-1-3-20(24(16)35(38)13-17)25-28-12-22(31-25)15-4-7-19(8-5-15)30-26(36)37/h4-14,20,30H,1-3H2,(H,28,31)(H,36,37). The Bertz CT molecular complexity index is 1630. The van der Waals surface area contributed by atoms with Crippen LogP contribution in [0.1, 0.15) is 35.8 Å². The molecule has 0 bridgehead atoms. The van der Waals surface area contributed by atoms with Gasteiger partial charge in [0.2, 0.25) is 5.69 Å². The molecule has 0 fully saturated rings. The molecule has 0 aliphatic heterocycles. The summed E-state index contributed by atoms with van der Waals surface area (Å²) in [5, 5.41) is 36.7. The second-order valence-corrected chi connectivity index (χ2v) is 9.45. The number of nitrogens with zero attached hydrogens (tertiary/aromatic N) is 6. The largest absolute Gasteiger partial charge is 0.618 e. The number of hydrogen-bond acceptors (Lipinski definition) is 6. The SMILES string of the molecule is O=C(O)Nc1ccc(-c2cnc(C3CCCc4cc(-c5cc(Cl)ccc5-n5cnnn5)c[n+]([O-])c43)[nH]2)cc1. The van der Waals surface area contributed by atoms with Gasteiger partial charge in [-0.05, 0) is 71.7 Å². The minimum atomic E-state index is -1.12. The first-order chi connectivity index (χ1) is 18.5. The number of carbonyl (C=O) groups is 1. The van der Waals surface area contributed by atoms with Crippen LogP contribution in [0.2, 0.25) is 5.02 Å². The van der Waals surface area contributed by atoms with Crippen molar-refractivity contribution in [2.45, 2.75) is 25.2 Å². The fourth-order valence-electron chi connectivity index (χ4n) is 4.99. The quantitative estimate of drug-likeness (QED) is 0.223. The second-order valence-electron chi connectivity index (χ2n) is 9.02. The van der Waals surface area contributed by atoms with Crippen LogP contribution in [0.25, 0.3) is 28.1 Å². The molecule has 3 heterocycles. The number of hydrogen-bond donors (Lipinski definition) is 3. The van der Waals surface area contributed by atoms with E-state index < -0.39 is 6.09 Å². The summed E-state index contributed by atoms with van der Waals surface area (Å²) < 4.78 is 2.48. The van der Waals surface area contributed by atoms with Gasteiger partial charge >= 0.3 is 6.09 Å². The highest BCUT2D eigenvalue weighted by Crippen LogP contribution is 2.37. The van der Waals surface area contributed by atoms with E-state index in [1.807, 2.05) is 24.3 Å². The molecule has 5 aromatic rings. The van der Waals surface area contributed by atoms with Gasteiger partial charge < -0.3 is 15.3 Å². The third-order valence-electron chi connectivity index (χ3n) is 6.66. The van der Waals surface area contributed by atoms with Gasteiger partial charge in [-0.15, -0.1) is 5.10 Å². The minimum absolute atomic E-state index is 0.189. The number of amides is 1. The Morgan fingerprint density at radius 3 is 2.79 bits per heavy atom. The zero-order valence-corrected chi connectivity index (χ0v) is 20.6. The summed E-state index contributed by atoms with van der Waals surface area (Å²) in [6.07, 6.45) is 6.14. The molecule has 1 atom stereocenters. The summed E-state index contributed by atoms with van der Waals surface area (Å²) in [5.74, 6) is 0.522. The topological polar surface area (TPSA) is 149 Å². The summed E-state index contributed by atoms with van der Waals surface area (Å²) in [5.41, 5.74) is 5.94. The van der Waals surface area contributed by atoms with Crippen LogP contribution in [0.4, 0.5) is 10.5 Å². The fraction of sp³-hybridized carbons (Fsp3) is 0.154. The Kier molecular flexibility index (Phi) is 5.97. The summed E-state index contributed by atoms with van der Waals surface area (Å²) >= 11 is 6.31. The number of tetrazole rings is 1. The van der Waals surface area contributed by atoms with Gasteiger partial charge in [-0.3, -0.25) is 5.32 Å². The van der Waals surface area contributed by atoms with Crippen LogP contribution in [0.5, 0.6) is 0 Å². The Morgan fingerprint density at radius 1 is 1.18 bits per heavy atom. The van der Waals surface area contributed by atoms with E-state index in [0.29, 0.717) is 27.9 Å². The first-order valence-corrected chi connectivity index (χ1v) is 12.3. The zero-order chi connectivity index (χ0) is 26.2. The molecule has 0 radical (unpaired) electrons. The highest BCUT2D eigenvalue weighted by atomic mass is 35.5. The molecular weight excluding hydrogens is 508 g/mol. The van der Waals surface area contributed by atoms with Crippen LogP contribution in [-0.2, 0) is 6.42 Å². The third-order valence-corrected chi connectivity index (χ3v) is 6.89. The van der Waals surface area contributed by atoms with E-state index in [2.05, 4.69) is 30.8 Å². The van der Waals surface area contributed by atoms with Crippen molar-refractivity contribution >= 4 is 23.4 Å². The van der Waals surface area contributed by atoms with E-state index in [1.165, 1.54) is 11.0 Å². The Labute approximate surface area is 221 Å². The molecule has 1 unspecified atom stereocenters. The van der Waals surface area contributed by atoms with Crippen molar-refractivity contribution in [2.75, 3.05) is 5.32 Å². The first-order valence-electron chi connectivity index (χ1n) is 11.9. The molecule has 1 aliphatic rings. The molecule has 0 spiro atoms. The number of nitrogens with one attached hydrogen (secondary N) is 2. The minimum Gasteiger partial charge on any atom is -0.618 e. The van der Waals surface area contributed by atoms with Gasteiger partial charge in [-0.1, -0.05) is 23.7 Å². The molecule has 1 amide bonds. The number of fused-ring (bicyclic) bond motifs is 1. The Morgan fingerprint density at radius 2 is 2.03 bits per heavy atom. The van der Waals surface area contributed by atoms with Crippen molar-refractivity contribution in [2.24, 2.45) is 0 Å². The van der Waals surface area contributed by atoms with E-state index in [-0.39, 0.29) is 5.92 Å². The van der Waals surface area contributed by atoms with Crippen LogP contribution >= 0.6 is 11.6 Å². The maximum absolute atomic E-state index is 13.5. The fourth-order valence-corrected chi connectivity index (χ4v) is 5.16. The van der Waals surface area contributed by atoms with E-state index in [1.54, 1.807) is 36.7 Å². The lowest BCUT2D eigenvalue weighted by atomic mass is 9.85. The molecule has 38 heavy (non-hydrogen) atoms. The lowest BCUT2D eigenvalue weighted by Crippen LogP contribution is -2.37. The summed E-state index contributed by atoms with van der Waals surface area (Å²) in [4.78, 5) is 18.8. The number of imidazole rings is 1. The molecule has 2 aromatic carbocycles. The molecule has 3 aromatic heterocycles. The molecule has 3 N–H and O–H groups in total. The molecule has 12 heteroatoms. The van der Waals surface area contributed by atoms with Crippen LogP contribution in [0.15, 0.2) is 67.3 Å². The highest BCUT2D eigenvalue weighted by molar-refractivity contribution is 6.31. The van der Waals surface area contributed by atoms with E-state index >= 15 is 0 Å². The van der Waals surface area contributed by atoms with Crippen molar-refractivity contribution in [1.82, 2.24) is 30.2 Å². The maximum atomic E-state index is 13.5. The summed E-state index contributed by atoms with van der Waals surface area (Å²) in [7, 11) is 0. The predicted octanol–water partition coefficient (Wildman–Crippen LogP) is 4.56. The number of aromatic amines is 1. The molecule has 190 valence electrons. The van der Waals surface area contributed by atoms with Gasteiger partial charge in [-0.2, -0.15) is 9.41 Å². The predicted molar refractivity (Wildman–Crippen MR) is 139 cm³/mol. The van der Waals surface area contributed by atoms with E-state index in [4.69, 9.17) is 16.7 Å². The Hall–Kier alpha value is -4.77. The van der Waals surface area contributed by atoms with E-state index in [9.17, 15) is 10.0 Å². The first kappa shape index (κ1) is 23.6. The molecule has 1 aliphatic carbocycles. The van der Waals surface area contributed by atoms with Gasteiger partial charge in [0.25, 0.3) is 0 Å². The number of aryl methyl sites for hydroxylation is 1. The van der Waals surface area contributed by atoms with Gasteiger partial charge in [0.05, 0.1) is 17.6 Å². The number of carboxylic acid groups (broad SMARTS) is 1. The average molecular weight is 529 g/mol. The Balaban J connectivity index is 1.34. The normalized spacial score (nSPS) is 14.7. The van der Waals surface area contributed by atoms with Crippen molar-refractivity contribution in [3.05, 3.63) is 94.6 Å². The highest BCUT2D eigenvalue weighted by Gasteiger charge is 2.32. The van der Waals surface area contributed by atoms with Crippen molar-refractivity contribution < 1.29 is 14.6 Å². The number of anilines is 1. The number of aromatic nitrogens is 7. The molecule has 0 saturated carbocycles. The van der Waals surface area contributed by atoms with Crippen molar-refractivity contribution in [3.63, 3.8) is 0 Å². The van der Waals surface area contributed by atoms with Crippen LogP contribution < -0.4 is 10.0 Å². The van der Waals surface area contributed by atoms with Gasteiger partial charge in [0.15, 0.2) is 6.20 Å². The van der Waals surface area contributed by atoms with Crippen LogP contribution in [0, 0.1) is 5.21 Å². The van der Waals surface area contributed by atoms with Crippen LogP contribution in [0.3, 0.4) is 0 Å². The average Bonchev–Trinajstić information content (AvgIpc) is 3.61. The van der Waals surface area contributed by atoms with Gasteiger partial charge in [-0.25, -0.2) is 9.78 Å². The third kappa shape index (κ3) is 4.43. The van der Waals surface area contributed by atoms with Crippen molar-refractivity contribution in [1.29, 1.82) is 0 Å². The second kappa shape index (κ2) is 9.60. The van der Waals surface area contributed by atoms with E-state index in [0.717, 1.165) is 51.9 Å². The number of H-pyrrole nitrogens is 1. The molecular formula is C26H21ClN8O3. The number of pyridine rings is 1. The van der Waals surface area contributed by atoms with Gasteiger partial charge in [0, 0.05) is 27.4 Å². The number of halogens is 1. The van der Waals surface area contributed by atoms with Gasteiger partial charge in [0.1, 0.15) is 18.1 Å². The molecule has 0 saturated heterocycles. The lowest BCUT2D eigenvalue weighted by molar-refractivity contribution is -0.615. The molecule has 6 rings (SSSR count).